The van der Waals surface area contributed by atoms with E-state index in [0.29, 0.717) is 38.7 Å². The number of piperidine rings is 2. The Morgan fingerprint density at radius 1 is 0.927 bits per heavy atom. The second-order valence-corrected chi connectivity index (χ2v) is 12.1. The molecule has 2 aliphatic heterocycles. The predicted molar refractivity (Wildman–Crippen MR) is 172 cm³/mol. The molecule has 2 aliphatic rings. The lowest BCUT2D eigenvalue weighted by atomic mass is 9.87. The van der Waals surface area contributed by atoms with E-state index >= 15 is 0 Å². The number of likely N-dealkylation sites (tertiary alicyclic amines) is 1. The normalized spacial score (nSPS) is 16.4. The average Bonchev–Trinajstić information content (AvgIpc) is 2.97. The highest BCUT2D eigenvalue weighted by atomic mass is 35.5. The first-order valence-electron chi connectivity index (χ1n) is 14.4. The third-order valence-corrected chi connectivity index (χ3v) is 8.65. The van der Waals surface area contributed by atoms with Crippen LogP contribution in [0.25, 0.3) is 11.4 Å². The van der Waals surface area contributed by atoms with Gasteiger partial charge in [-0.25, -0.2) is 9.37 Å². The molecule has 0 bridgehead atoms. The van der Waals surface area contributed by atoms with E-state index in [1.165, 1.54) is 61.7 Å². The smallest absolute Gasteiger partial charge is 0.149 e. The Balaban J connectivity index is 1.40. The van der Waals surface area contributed by atoms with Gasteiger partial charge in [0.25, 0.3) is 0 Å². The third-order valence-electron chi connectivity index (χ3n) is 8.15. The molecule has 5 nitrogen and oxygen atoms in total. The Labute approximate surface area is 253 Å². The molecule has 2 saturated heterocycles. The molecular formula is C33H38Cl2FN5. The maximum atomic E-state index is 14.4. The fraction of sp³-hybridized carbons (Fsp3) is 0.364. The van der Waals surface area contributed by atoms with Crippen molar-refractivity contribution in [3.63, 3.8) is 0 Å². The number of hydrogen-bond acceptors (Lipinski definition) is 5. The van der Waals surface area contributed by atoms with Crippen LogP contribution in [0.3, 0.4) is 0 Å². The Morgan fingerprint density at radius 2 is 1.66 bits per heavy atom. The Morgan fingerprint density at radius 3 is 2.39 bits per heavy atom. The molecule has 0 radical (unpaired) electrons. The van der Waals surface area contributed by atoms with E-state index in [1.54, 1.807) is 12.1 Å². The summed E-state index contributed by atoms with van der Waals surface area (Å²) in [6.07, 6.45) is 8.67. The summed E-state index contributed by atoms with van der Waals surface area (Å²) in [5, 5.41) is 7.35. The first kappa shape index (κ1) is 29.4. The van der Waals surface area contributed by atoms with E-state index in [0.717, 1.165) is 43.9 Å². The number of anilines is 3. The van der Waals surface area contributed by atoms with Gasteiger partial charge in [-0.1, -0.05) is 42.4 Å². The van der Waals surface area contributed by atoms with Crippen LogP contribution in [0, 0.1) is 11.7 Å². The molecule has 0 aliphatic carbocycles. The number of nitrogens with zero attached hydrogens (tertiary/aromatic N) is 3. The quantitative estimate of drug-likeness (QED) is 0.260. The minimum atomic E-state index is -0.372. The molecule has 5 rings (SSSR count). The summed E-state index contributed by atoms with van der Waals surface area (Å²) in [7, 11) is 2.20. The van der Waals surface area contributed by atoms with Crippen molar-refractivity contribution in [3.8, 4) is 0 Å². The minimum Gasteiger partial charge on any atom is -0.372 e. The number of halogens is 3. The summed E-state index contributed by atoms with van der Waals surface area (Å²) in [5.41, 5.74) is 6.13. The van der Waals surface area contributed by atoms with Crippen molar-refractivity contribution in [3.05, 3.63) is 94.4 Å². The Bertz CT molecular complexity index is 1410. The summed E-state index contributed by atoms with van der Waals surface area (Å²) in [5.74, 6) is 0.656. The first-order chi connectivity index (χ1) is 19.8. The summed E-state index contributed by atoms with van der Waals surface area (Å²) in [6.45, 7) is 13.0. The van der Waals surface area contributed by atoms with E-state index in [9.17, 15) is 4.39 Å². The van der Waals surface area contributed by atoms with Gasteiger partial charge in [-0.15, -0.1) is 0 Å². The summed E-state index contributed by atoms with van der Waals surface area (Å²) < 4.78 is 14.4. The maximum Gasteiger partial charge on any atom is 0.149 e. The van der Waals surface area contributed by atoms with Gasteiger partial charge in [-0.3, -0.25) is 0 Å². The van der Waals surface area contributed by atoms with E-state index in [2.05, 4.69) is 63.8 Å². The van der Waals surface area contributed by atoms with Crippen LogP contribution in [0.5, 0.6) is 0 Å². The molecule has 1 aromatic heterocycles. The number of rotatable bonds is 9. The van der Waals surface area contributed by atoms with Crippen LogP contribution >= 0.6 is 23.2 Å². The van der Waals surface area contributed by atoms with Gasteiger partial charge in [0, 0.05) is 53.2 Å². The molecule has 8 heteroatoms. The lowest BCUT2D eigenvalue weighted by Gasteiger charge is -2.32. The van der Waals surface area contributed by atoms with E-state index in [4.69, 9.17) is 23.2 Å². The summed E-state index contributed by atoms with van der Waals surface area (Å²) in [6, 6.07) is 12.9. The van der Waals surface area contributed by atoms with Crippen LogP contribution in [-0.4, -0.2) is 43.1 Å². The van der Waals surface area contributed by atoms with Gasteiger partial charge in [0.15, 0.2) is 0 Å². The molecule has 3 heterocycles. The largest absolute Gasteiger partial charge is 0.372 e. The maximum absolute atomic E-state index is 14.4. The second kappa shape index (κ2) is 13.3. The zero-order valence-electron chi connectivity index (χ0n) is 23.7. The zero-order valence-corrected chi connectivity index (χ0v) is 25.2. The molecule has 2 fully saturated rings. The SMILES string of the molecule is C=C(Nc1ccc(F)cc1C(=C)Nc1ncc(Cl)cc1Cl)c1ccc(N2CCCCC2)cc1CC1CCN(C)CC1. The topological polar surface area (TPSA) is 43.4 Å². The van der Waals surface area contributed by atoms with Crippen molar-refractivity contribution in [1.29, 1.82) is 0 Å². The van der Waals surface area contributed by atoms with Crippen molar-refractivity contribution in [1.82, 2.24) is 9.88 Å². The molecular weight excluding hydrogens is 556 g/mol. The number of hydrogen-bond donors (Lipinski definition) is 2. The van der Waals surface area contributed by atoms with Crippen LogP contribution in [-0.2, 0) is 6.42 Å². The Hall–Kier alpha value is -3.06. The lowest BCUT2D eigenvalue weighted by molar-refractivity contribution is 0.219. The predicted octanol–water partition coefficient (Wildman–Crippen LogP) is 8.57. The molecule has 2 aromatic carbocycles. The number of aromatic nitrogens is 1. The third kappa shape index (κ3) is 7.42. The van der Waals surface area contributed by atoms with Crippen molar-refractivity contribution >= 4 is 51.8 Å². The molecule has 0 spiro atoms. The monoisotopic (exact) mass is 593 g/mol. The van der Waals surface area contributed by atoms with Crippen LogP contribution < -0.4 is 15.5 Å². The van der Waals surface area contributed by atoms with Gasteiger partial charge < -0.3 is 20.4 Å². The lowest BCUT2D eigenvalue weighted by Crippen LogP contribution is -2.31. The van der Waals surface area contributed by atoms with Gasteiger partial charge >= 0.3 is 0 Å². The number of benzene rings is 2. The van der Waals surface area contributed by atoms with Gasteiger partial charge in [-0.2, -0.15) is 0 Å². The van der Waals surface area contributed by atoms with Crippen molar-refractivity contribution < 1.29 is 4.39 Å². The minimum absolute atomic E-state index is 0.348. The van der Waals surface area contributed by atoms with Gasteiger partial charge in [0.1, 0.15) is 11.6 Å². The molecule has 0 amide bonds. The zero-order chi connectivity index (χ0) is 28.9. The Kier molecular flexibility index (Phi) is 9.53. The van der Waals surface area contributed by atoms with Crippen molar-refractivity contribution in [2.75, 3.05) is 48.8 Å². The second-order valence-electron chi connectivity index (χ2n) is 11.2. The first-order valence-corrected chi connectivity index (χ1v) is 15.1. The molecule has 0 saturated carbocycles. The van der Waals surface area contributed by atoms with Gasteiger partial charge in [0.2, 0.25) is 0 Å². The van der Waals surface area contributed by atoms with Gasteiger partial charge in [-0.05, 0) is 107 Å². The van der Waals surface area contributed by atoms with E-state index in [1.807, 2.05) is 0 Å². The van der Waals surface area contributed by atoms with Crippen LogP contribution in [0.1, 0.15) is 48.8 Å². The number of nitrogens with one attached hydrogen (secondary N) is 2. The number of pyridine rings is 1. The highest BCUT2D eigenvalue weighted by Gasteiger charge is 2.21. The fourth-order valence-electron chi connectivity index (χ4n) is 5.79. The summed E-state index contributed by atoms with van der Waals surface area (Å²) in [4.78, 5) is 9.16. The molecule has 216 valence electrons. The highest BCUT2D eigenvalue weighted by Crippen LogP contribution is 2.34. The standard InChI is InChI=1S/C33H38Cl2FN5/c1-22(38-32-10-7-27(36)20-30(32)23(2)39-33-31(35)19-26(34)21-37-33)29-9-8-28(41-13-5-4-6-14-41)18-25(29)17-24-11-15-40(3)16-12-24/h7-10,18-21,24,38H,1-2,4-6,11-17H2,3H3,(H,37,39). The van der Waals surface area contributed by atoms with E-state index in [-0.39, 0.29) is 5.82 Å². The summed E-state index contributed by atoms with van der Waals surface area (Å²) >= 11 is 12.3. The fourth-order valence-corrected chi connectivity index (χ4v) is 6.22. The van der Waals surface area contributed by atoms with Crippen molar-refractivity contribution in [2.24, 2.45) is 5.92 Å². The van der Waals surface area contributed by atoms with Crippen LogP contribution in [0.2, 0.25) is 10.0 Å². The molecule has 3 aromatic rings. The van der Waals surface area contributed by atoms with Crippen LogP contribution in [0.4, 0.5) is 21.6 Å². The van der Waals surface area contributed by atoms with Crippen molar-refractivity contribution in [2.45, 2.75) is 38.5 Å². The average molecular weight is 595 g/mol. The van der Waals surface area contributed by atoms with E-state index < -0.39 is 0 Å². The molecule has 41 heavy (non-hydrogen) atoms. The molecule has 0 unspecified atom stereocenters. The van der Waals surface area contributed by atoms with Gasteiger partial charge in [0.05, 0.1) is 10.0 Å². The molecule has 2 N–H and O–H groups in total. The van der Waals surface area contributed by atoms with Crippen LogP contribution in [0.15, 0.2) is 61.8 Å². The molecule has 0 atom stereocenters. The highest BCUT2D eigenvalue weighted by molar-refractivity contribution is 6.36.